The molecule has 1 aliphatic carbocycles. The number of ether oxygens (including phenoxy) is 1. The van der Waals surface area contributed by atoms with Crippen LogP contribution in [0, 0.1) is 6.92 Å². The van der Waals surface area contributed by atoms with Gasteiger partial charge in [-0.2, -0.15) is 0 Å². The van der Waals surface area contributed by atoms with Crippen molar-refractivity contribution in [1.82, 2.24) is 5.32 Å². The minimum Gasteiger partial charge on any atom is -0.462 e. The van der Waals surface area contributed by atoms with Gasteiger partial charge in [0, 0.05) is 6.04 Å². The molecule has 1 aromatic heterocycles. The molecule has 0 spiro atoms. The maximum absolute atomic E-state index is 11.9. The number of hydrogen-bond donors (Lipinski definition) is 1. The van der Waals surface area contributed by atoms with Crippen LogP contribution in [0.5, 0.6) is 0 Å². The Balaban J connectivity index is 1.79. The molecule has 1 aromatic rings. The van der Waals surface area contributed by atoms with Crippen molar-refractivity contribution in [3.8, 4) is 0 Å². The third-order valence-electron chi connectivity index (χ3n) is 2.69. The van der Waals surface area contributed by atoms with Gasteiger partial charge in [-0.15, -0.1) is 0 Å². The van der Waals surface area contributed by atoms with E-state index in [1.54, 1.807) is 0 Å². The molecule has 0 unspecified atom stereocenters. The predicted octanol–water partition coefficient (Wildman–Crippen LogP) is 2.62. The van der Waals surface area contributed by atoms with Crippen molar-refractivity contribution in [3.63, 3.8) is 0 Å². The minimum absolute atomic E-state index is 0.106. The first-order valence-electron chi connectivity index (χ1n) is 5.82. The zero-order chi connectivity index (χ0) is 12.3. The molecule has 17 heavy (non-hydrogen) atoms. The summed E-state index contributed by atoms with van der Waals surface area (Å²) in [6, 6.07) is 2.47. The predicted molar refractivity (Wildman–Crippen MR) is 59.0 cm³/mol. The maximum atomic E-state index is 11.9. The molecule has 1 heterocycles. The van der Waals surface area contributed by atoms with Gasteiger partial charge in [0.15, 0.2) is 0 Å². The topological polar surface area (TPSA) is 34.4 Å². The SMILES string of the molecule is Cc1cc(COCC(F)F)oc1CNC1CC1. The molecule has 1 saturated carbocycles. The monoisotopic (exact) mass is 245 g/mol. The zero-order valence-electron chi connectivity index (χ0n) is 9.84. The molecule has 0 amide bonds. The minimum atomic E-state index is -2.43. The molecular formula is C12H17F2NO2. The normalized spacial score (nSPS) is 15.8. The number of hydrogen-bond acceptors (Lipinski definition) is 3. The Kier molecular flexibility index (Phi) is 4.12. The van der Waals surface area contributed by atoms with Crippen LogP contribution in [0.2, 0.25) is 0 Å². The van der Waals surface area contributed by atoms with Crippen LogP contribution in [-0.2, 0) is 17.9 Å². The Labute approximate surface area is 99.1 Å². The van der Waals surface area contributed by atoms with Crippen LogP contribution < -0.4 is 5.32 Å². The summed E-state index contributed by atoms with van der Waals surface area (Å²) in [6.07, 6.45) is 0.0240. The highest BCUT2D eigenvalue weighted by Crippen LogP contribution is 2.21. The fourth-order valence-electron chi connectivity index (χ4n) is 1.61. The molecule has 0 bridgehead atoms. The Bertz CT molecular complexity index is 361. The first kappa shape index (κ1) is 12.5. The van der Waals surface area contributed by atoms with Gasteiger partial charge in [0.1, 0.15) is 24.7 Å². The van der Waals surface area contributed by atoms with Gasteiger partial charge in [0.25, 0.3) is 6.43 Å². The van der Waals surface area contributed by atoms with Crippen molar-refractivity contribution in [2.24, 2.45) is 0 Å². The number of rotatable bonds is 7. The molecule has 2 rings (SSSR count). The Morgan fingerprint density at radius 3 is 2.94 bits per heavy atom. The average molecular weight is 245 g/mol. The molecule has 0 saturated heterocycles. The molecule has 96 valence electrons. The molecule has 1 N–H and O–H groups in total. The molecule has 0 radical (unpaired) electrons. The van der Waals surface area contributed by atoms with Gasteiger partial charge in [-0.3, -0.25) is 0 Å². The van der Waals surface area contributed by atoms with Crippen LogP contribution in [0.3, 0.4) is 0 Å². The van der Waals surface area contributed by atoms with Gasteiger partial charge in [-0.05, 0) is 31.4 Å². The summed E-state index contributed by atoms with van der Waals surface area (Å²) in [5.41, 5.74) is 1.04. The maximum Gasteiger partial charge on any atom is 0.261 e. The van der Waals surface area contributed by atoms with Crippen LogP contribution in [0.25, 0.3) is 0 Å². The van der Waals surface area contributed by atoms with E-state index in [2.05, 4.69) is 5.32 Å². The number of halogens is 2. The Morgan fingerprint density at radius 1 is 1.53 bits per heavy atom. The summed E-state index contributed by atoms with van der Waals surface area (Å²) in [6.45, 7) is 2.21. The summed E-state index contributed by atoms with van der Waals surface area (Å²) in [5, 5.41) is 3.35. The van der Waals surface area contributed by atoms with E-state index in [1.165, 1.54) is 12.8 Å². The molecule has 5 heteroatoms. The van der Waals surface area contributed by atoms with Crippen molar-refractivity contribution in [2.45, 2.75) is 45.4 Å². The fourth-order valence-corrected chi connectivity index (χ4v) is 1.61. The van der Waals surface area contributed by atoms with E-state index in [0.29, 0.717) is 18.3 Å². The number of furan rings is 1. The van der Waals surface area contributed by atoms with Gasteiger partial charge in [-0.25, -0.2) is 8.78 Å². The summed E-state index contributed by atoms with van der Waals surface area (Å²) >= 11 is 0. The van der Waals surface area contributed by atoms with Gasteiger partial charge >= 0.3 is 0 Å². The molecular weight excluding hydrogens is 228 g/mol. The van der Waals surface area contributed by atoms with Crippen molar-refractivity contribution >= 4 is 0 Å². The summed E-state index contributed by atoms with van der Waals surface area (Å²) in [4.78, 5) is 0. The van der Waals surface area contributed by atoms with E-state index >= 15 is 0 Å². The third kappa shape index (κ3) is 4.09. The van der Waals surface area contributed by atoms with Crippen LogP contribution in [0.4, 0.5) is 8.78 Å². The molecule has 0 aliphatic heterocycles. The fraction of sp³-hybridized carbons (Fsp3) is 0.667. The van der Waals surface area contributed by atoms with Crippen LogP contribution in [0.1, 0.15) is 29.9 Å². The molecule has 1 aliphatic rings. The van der Waals surface area contributed by atoms with E-state index in [-0.39, 0.29) is 6.61 Å². The number of alkyl halides is 2. The van der Waals surface area contributed by atoms with Gasteiger partial charge in [-0.1, -0.05) is 0 Å². The Hall–Kier alpha value is -0.940. The largest absolute Gasteiger partial charge is 0.462 e. The van der Waals surface area contributed by atoms with Crippen molar-refractivity contribution < 1.29 is 17.9 Å². The highest BCUT2D eigenvalue weighted by atomic mass is 19.3. The molecule has 1 fully saturated rings. The highest BCUT2D eigenvalue weighted by Gasteiger charge is 2.21. The first-order valence-corrected chi connectivity index (χ1v) is 5.82. The molecule has 0 atom stereocenters. The zero-order valence-corrected chi connectivity index (χ0v) is 9.84. The smallest absolute Gasteiger partial charge is 0.261 e. The van der Waals surface area contributed by atoms with Crippen LogP contribution in [0.15, 0.2) is 10.5 Å². The first-order chi connectivity index (χ1) is 8.15. The van der Waals surface area contributed by atoms with E-state index in [9.17, 15) is 8.78 Å². The lowest BCUT2D eigenvalue weighted by molar-refractivity contribution is 0.00426. The van der Waals surface area contributed by atoms with Crippen molar-refractivity contribution in [3.05, 3.63) is 23.2 Å². The number of aryl methyl sites for hydroxylation is 1. The van der Waals surface area contributed by atoms with Gasteiger partial charge in [0.05, 0.1) is 6.54 Å². The standard InChI is InChI=1S/C12H17F2NO2/c1-8-4-10(6-16-7-12(13)14)17-11(8)5-15-9-2-3-9/h4,9,12,15H,2-3,5-7H2,1H3. The number of nitrogens with one attached hydrogen (secondary N) is 1. The lowest BCUT2D eigenvalue weighted by atomic mass is 10.2. The lowest BCUT2D eigenvalue weighted by Crippen LogP contribution is -2.15. The second-order valence-electron chi connectivity index (χ2n) is 4.38. The summed E-state index contributed by atoms with van der Waals surface area (Å²) < 4.78 is 34.1. The van der Waals surface area contributed by atoms with Crippen molar-refractivity contribution in [1.29, 1.82) is 0 Å². The third-order valence-corrected chi connectivity index (χ3v) is 2.69. The highest BCUT2D eigenvalue weighted by molar-refractivity contribution is 5.19. The Morgan fingerprint density at radius 2 is 2.29 bits per heavy atom. The van der Waals surface area contributed by atoms with E-state index < -0.39 is 13.0 Å². The van der Waals surface area contributed by atoms with Gasteiger partial charge in [0.2, 0.25) is 0 Å². The van der Waals surface area contributed by atoms with E-state index in [0.717, 1.165) is 11.3 Å². The quantitative estimate of drug-likeness (QED) is 0.801. The van der Waals surface area contributed by atoms with Crippen molar-refractivity contribution in [2.75, 3.05) is 6.61 Å². The van der Waals surface area contributed by atoms with Crippen LogP contribution >= 0.6 is 0 Å². The molecule has 3 nitrogen and oxygen atoms in total. The van der Waals surface area contributed by atoms with Crippen LogP contribution in [-0.4, -0.2) is 19.1 Å². The van der Waals surface area contributed by atoms with Gasteiger partial charge < -0.3 is 14.5 Å². The second kappa shape index (κ2) is 5.60. The second-order valence-corrected chi connectivity index (χ2v) is 4.38. The lowest BCUT2D eigenvalue weighted by Gasteiger charge is -2.01. The summed E-state index contributed by atoms with van der Waals surface area (Å²) in [7, 11) is 0. The molecule has 0 aromatic carbocycles. The average Bonchev–Trinajstić information content (AvgIpc) is 3.01. The summed E-state index contributed by atoms with van der Waals surface area (Å²) in [5.74, 6) is 1.48. The van der Waals surface area contributed by atoms with E-state index in [1.807, 2.05) is 13.0 Å². The van der Waals surface area contributed by atoms with E-state index in [4.69, 9.17) is 9.15 Å².